The Labute approximate surface area is 212 Å². The van der Waals surface area contributed by atoms with Gasteiger partial charge >= 0.3 is 0 Å². The third-order valence-electron chi connectivity index (χ3n) is 6.80. The largest absolute Gasteiger partial charge is 0.343 e. The van der Waals surface area contributed by atoms with Crippen molar-refractivity contribution in [3.05, 3.63) is 66.2 Å². The Morgan fingerprint density at radius 2 is 1.84 bits per heavy atom. The Kier molecular flexibility index (Phi) is 6.90. The second kappa shape index (κ2) is 9.67. The van der Waals surface area contributed by atoms with Crippen LogP contribution >= 0.6 is 0 Å². The van der Waals surface area contributed by atoms with Crippen LogP contribution in [0, 0.1) is 22.6 Å². The topological polar surface area (TPSA) is 105 Å². The van der Waals surface area contributed by atoms with Gasteiger partial charge < -0.3 is 5.32 Å². The van der Waals surface area contributed by atoms with Gasteiger partial charge in [0.2, 0.25) is 11.8 Å². The summed E-state index contributed by atoms with van der Waals surface area (Å²) in [6.45, 7) is 1.13. The van der Waals surface area contributed by atoms with E-state index in [1.807, 2.05) is 0 Å². The number of hydrogen-bond acceptors (Lipinski definition) is 5. The molecule has 2 atom stereocenters. The number of nitrogens with zero attached hydrogens (tertiary/aromatic N) is 3. The van der Waals surface area contributed by atoms with Crippen LogP contribution in [0.25, 0.3) is 16.8 Å². The molecule has 1 heterocycles. The lowest BCUT2D eigenvalue weighted by molar-refractivity contribution is -0.145. The highest BCUT2D eigenvalue weighted by atomic mass is 32.2. The lowest BCUT2D eigenvalue weighted by Crippen LogP contribution is -2.49. The fourth-order valence-corrected chi connectivity index (χ4v) is 5.53. The predicted octanol–water partition coefficient (Wildman–Crippen LogP) is 4.63. The molecule has 0 aliphatic heterocycles. The standard InChI is InChI=1S/C26H25F3N4O3S/c1-25(24(34)31-14-13-30)16-26(28,29)12-11-22(25)23-21(17-3-9-20(10-4-17)37(2,35)36)15-33(32-23)19-7-5-18(27)6-8-19/h3-10,15,22H,11-12,14,16H2,1-2H3,(H,31,34). The van der Waals surface area contributed by atoms with E-state index in [1.165, 1.54) is 48.0 Å². The zero-order valence-electron chi connectivity index (χ0n) is 20.2. The molecule has 2 aromatic carbocycles. The molecular weight excluding hydrogens is 505 g/mol. The molecule has 1 amide bonds. The van der Waals surface area contributed by atoms with Gasteiger partial charge in [0.25, 0.3) is 0 Å². The molecule has 37 heavy (non-hydrogen) atoms. The lowest BCUT2D eigenvalue weighted by atomic mass is 9.63. The molecule has 1 aliphatic rings. The van der Waals surface area contributed by atoms with E-state index in [1.54, 1.807) is 24.4 Å². The maximum absolute atomic E-state index is 14.6. The van der Waals surface area contributed by atoms with Crippen molar-refractivity contribution in [1.29, 1.82) is 5.26 Å². The average Bonchev–Trinajstić information content (AvgIpc) is 3.26. The van der Waals surface area contributed by atoms with E-state index < -0.39 is 51.7 Å². The Morgan fingerprint density at radius 1 is 1.19 bits per heavy atom. The summed E-state index contributed by atoms with van der Waals surface area (Å²) in [5.41, 5.74) is 0.411. The first-order chi connectivity index (χ1) is 17.3. The van der Waals surface area contributed by atoms with E-state index in [-0.39, 0.29) is 17.9 Å². The summed E-state index contributed by atoms with van der Waals surface area (Å²) in [4.78, 5) is 13.2. The number of carbonyl (C=O) groups excluding carboxylic acids is 1. The van der Waals surface area contributed by atoms with Crippen LogP contribution in [0.5, 0.6) is 0 Å². The third kappa shape index (κ3) is 5.39. The number of aromatic nitrogens is 2. The Balaban J connectivity index is 1.88. The first kappa shape index (κ1) is 26.4. The van der Waals surface area contributed by atoms with Crippen molar-refractivity contribution in [1.82, 2.24) is 15.1 Å². The number of hydrogen-bond donors (Lipinski definition) is 1. The van der Waals surface area contributed by atoms with Crippen molar-refractivity contribution in [2.24, 2.45) is 5.41 Å². The summed E-state index contributed by atoms with van der Waals surface area (Å²) in [5.74, 6) is -4.93. The SMILES string of the molecule is CC1(C(=O)NCC#N)CC(F)(F)CCC1c1nn(-c2ccc(F)cc2)cc1-c1ccc(S(C)(=O)=O)cc1. The van der Waals surface area contributed by atoms with Crippen LogP contribution in [0.4, 0.5) is 13.2 Å². The van der Waals surface area contributed by atoms with Gasteiger partial charge in [-0.1, -0.05) is 12.1 Å². The number of rotatable bonds is 6. The molecule has 0 radical (unpaired) electrons. The highest BCUT2D eigenvalue weighted by molar-refractivity contribution is 7.90. The quantitative estimate of drug-likeness (QED) is 0.468. The van der Waals surface area contributed by atoms with Crippen molar-refractivity contribution in [2.45, 2.75) is 42.9 Å². The van der Waals surface area contributed by atoms with Gasteiger partial charge in [-0.15, -0.1) is 0 Å². The zero-order valence-corrected chi connectivity index (χ0v) is 21.0. The lowest BCUT2D eigenvalue weighted by Gasteiger charge is -2.42. The zero-order chi connectivity index (χ0) is 27.0. The predicted molar refractivity (Wildman–Crippen MR) is 130 cm³/mol. The first-order valence-corrected chi connectivity index (χ1v) is 13.4. The Hall–Kier alpha value is -3.65. The van der Waals surface area contributed by atoms with Gasteiger partial charge in [0.15, 0.2) is 9.84 Å². The summed E-state index contributed by atoms with van der Waals surface area (Å²) in [6, 6.07) is 13.4. The minimum absolute atomic E-state index is 0.0433. The van der Waals surface area contributed by atoms with Crippen LogP contribution in [0.3, 0.4) is 0 Å². The van der Waals surface area contributed by atoms with Gasteiger partial charge in [0.05, 0.1) is 27.8 Å². The van der Waals surface area contributed by atoms with E-state index in [0.717, 1.165) is 6.26 Å². The number of halogens is 3. The number of carbonyl (C=O) groups is 1. The van der Waals surface area contributed by atoms with Crippen LogP contribution < -0.4 is 5.32 Å². The van der Waals surface area contributed by atoms with Crippen molar-refractivity contribution >= 4 is 15.7 Å². The molecule has 11 heteroatoms. The highest BCUT2D eigenvalue weighted by Crippen LogP contribution is 2.54. The van der Waals surface area contributed by atoms with Crippen LogP contribution in [0.2, 0.25) is 0 Å². The fraction of sp³-hybridized carbons (Fsp3) is 0.346. The third-order valence-corrected chi connectivity index (χ3v) is 7.93. The Bertz CT molecular complexity index is 1460. The smallest absolute Gasteiger partial charge is 0.249 e. The molecule has 1 aliphatic carbocycles. The van der Waals surface area contributed by atoms with Gasteiger partial charge in [0.1, 0.15) is 12.4 Å². The van der Waals surface area contributed by atoms with Crippen LogP contribution in [0.15, 0.2) is 59.6 Å². The maximum atomic E-state index is 14.6. The molecule has 7 nitrogen and oxygen atoms in total. The van der Waals surface area contributed by atoms with Crippen LogP contribution in [-0.2, 0) is 14.6 Å². The van der Waals surface area contributed by atoms with Crippen molar-refractivity contribution in [3.8, 4) is 22.9 Å². The molecule has 4 rings (SSSR count). The van der Waals surface area contributed by atoms with Gasteiger partial charge in [0, 0.05) is 36.8 Å². The number of alkyl halides is 2. The highest BCUT2D eigenvalue weighted by Gasteiger charge is 2.54. The molecule has 0 saturated heterocycles. The van der Waals surface area contributed by atoms with Crippen molar-refractivity contribution < 1.29 is 26.4 Å². The molecule has 2 unspecified atom stereocenters. The fourth-order valence-electron chi connectivity index (χ4n) is 4.90. The van der Waals surface area contributed by atoms with Gasteiger partial charge in [-0.25, -0.2) is 26.3 Å². The van der Waals surface area contributed by atoms with Gasteiger partial charge in [-0.2, -0.15) is 10.4 Å². The summed E-state index contributed by atoms with van der Waals surface area (Å²) < 4.78 is 68.1. The van der Waals surface area contributed by atoms with Crippen molar-refractivity contribution in [3.63, 3.8) is 0 Å². The van der Waals surface area contributed by atoms with Crippen molar-refractivity contribution in [2.75, 3.05) is 12.8 Å². The number of sulfone groups is 1. The Morgan fingerprint density at radius 3 is 2.43 bits per heavy atom. The van der Waals surface area contributed by atoms with E-state index in [2.05, 4.69) is 10.4 Å². The monoisotopic (exact) mass is 530 g/mol. The molecule has 0 spiro atoms. The number of nitriles is 1. The van der Waals surface area contributed by atoms with Crippen LogP contribution in [0.1, 0.15) is 37.8 Å². The summed E-state index contributed by atoms with van der Waals surface area (Å²) in [6.07, 6.45) is 1.52. The molecule has 0 bridgehead atoms. The molecule has 1 fully saturated rings. The second-order valence-electron chi connectivity index (χ2n) is 9.53. The van der Waals surface area contributed by atoms with E-state index >= 15 is 0 Å². The maximum Gasteiger partial charge on any atom is 0.249 e. The molecule has 1 saturated carbocycles. The molecule has 3 aromatic rings. The minimum Gasteiger partial charge on any atom is -0.343 e. The summed E-state index contributed by atoms with van der Waals surface area (Å²) in [7, 11) is -3.44. The molecule has 1 N–H and O–H groups in total. The minimum atomic E-state index is -3.44. The second-order valence-corrected chi connectivity index (χ2v) is 11.5. The number of benzene rings is 2. The van der Waals surface area contributed by atoms with Gasteiger partial charge in [-0.05, 0) is 55.3 Å². The number of amides is 1. The first-order valence-electron chi connectivity index (χ1n) is 11.5. The van der Waals surface area contributed by atoms with E-state index in [4.69, 9.17) is 5.26 Å². The molecular formula is C26H25F3N4O3S. The van der Waals surface area contributed by atoms with E-state index in [9.17, 15) is 26.4 Å². The summed E-state index contributed by atoms with van der Waals surface area (Å²) >= 11 is 0. The van der Waals surface area contributed by atoms with Crippen LogP contribution in [-0.4, -0.2) is 42.8 Å². The number of nitrogens with one attached hydrogen (secondary N) is 1. The van der Waals surface area contributed by atoms with Gasteiger partial charge in [-0.3, -0.25) is 4.79 Å². The molecule has 194 valence electrons. The molecule has 1 aromatic heterocycles. The normalized spacial score (nSPS) is 21.2. The van der Waals surface area contributed by atoms with E-state index in [0.29, 0.717) is 22.5 Å². The summed E-state index contributed by atoms with van der Waals surface area (Å²) in [5, 5.41) is 16.0. The average molecular weight is 531 g/mol.